The molecule has 0 bridgehead atoms. The van der Waals surface area contributed by atoms with Crippen LogP contribution in [0, 0.1) is 5.82 Å². The van der Waals surface area contributed by atoms with Gasteiger partial charge in [-0.15, -0.1) is 0 Å². The lowest BCUT2D eigenvalue weighted by molar-refractivity contribution is -0.131. The number of likely N-dealkylation sites (N-methyl/N-ethyl adjacent to an activating group) is 1. The SMILES string of the molecule is CCN(C)C(=O)COc1ccc(F)cc1[C@H](C)N. The van der Waals surface area contributed by atoms with Crippen LogP contribution in [0.25, 0.3) is 0 Å². The average Bonchev–Trinajstić information content (AvgIpc) is 2.35. The van der Waals surface area contributed by atoms with E-state index in [2.05, 4.69) is 0 Å². The molecule has 0 unspecified atom stereocenters. The van der Waals surface area contributed by atoms with E-state index in [1.807, 2.05) is 6.92 Å². The maximum absolute atomic E-state index is 13.1. The first-order chi connectivity index (χ1) is 8.45. The van der Waals surface area contributed by atoms with Gasteiger partial charge in [0, 0.05) is 25.2 Å². The molecule has 100 valence electrons. The molecular weight excluding hydrogens is 235 g/mol. The Balaban J connectivity index is 2.76. The number of nitrogens with two attached hydrogens (primary N) is 1. The number of halogens is 1. The molecule has 1 aromatic rings. The molecule has 0 aliphatic rings. The standard InChI is InChI=1S/C13H19FN2O2/c1-4-16(3)13(17)8-18-12-6-5-10(14)7-11(12)9(2)15/h5-7,9H,4,8,15H2,1-3H3/t9-/m0/s1. The number of carbonyl (C=O) groups excluding carboxylic acids is 1. The Hall–Kier alpha value is -1.62. The first-order valence-electron chi connectivity index (χ1n) is 5.87. The predicted molar refractivity (Wildman–Crippen MR) is 67.8 cm³/mol. The van der Waals surface area contributed by atoms with Crippen molar-refractivity contribution in [2.45, 2.75) is 19.9 Å². The van der Waals surface area contributed by atoms with Gasteiger partial charge in [-0.3, -0.25) is 4.79 Å². The lowest BCUT2D eigenvalue weighted by atomic mass is 10.1. The maximum atomic E-state index is 13.1. The van der Waals surface area contributed by atoms with Crippen LogP contribution in [0.5, 0.6) is 5.75 Å². The van der Waals surface area contributed by atoms with Crippen LogP contribution in [0.1, 0.15) is 25.5 Å². The van der Waals surface area contributed by atoms with Crippen LogP contribution in [-0.4, -0.2) is 31.0 Å². The Bertz CT molecular complexity index is 421. The molecule has 5 heteroatoms. The molecule has 0 aromatic heterocycles. The van der Waals surface area contributed by atoms with Gasteiger partial charge in [0.25, 0.3) is 5.91 Å². The monoisotopic (exact) mass is 254 g/mol. The van der Waals surface area contributed by atoms with Crippen LogP contribution in [-0.2, 0) is 4.79 Å². The van der Waals surface area contributed by atoms with E-state index in [0.29, 0.717) is 17.9 Å². The van der Waals surface area contributed by atoms with Crippen molar-refractivity contribution in [1.82, 2.24) is 4.90 Å². The topological polar surface area (TPSA) is 55.6 Å². The van der Waals surface area contributed by atoms with Crippen molar-refractivity contribution in [3.8, 4) is 5.75 Å². The van der Waals surface area contributed by atoms with Crippen molar-refractivity contribution in [3.63, 3.8) is 0 Å². The Kier molecular flexibility index (Phi) is 5.09. The fourth-order valence-corrected chi connectivity index (χ4v) is 1.43. The second-order valence-corrected chi connectivity index (χ2v) is 4.17. The lowest BCUT2D eigenvalue weighted by Gasteiger charge is -2.17. The number of carbonyl (C=O) groups is 1. The van der Waals surface area contributed by atoms with E-state index in [9.17, 15) is 9.18 Å². The molecule has 0 saturated heterocycles. The molecule has 18 heavy (non-hydrogen) atoms. The maximum Gasteiger partial charge on any atom is 0.260 e. The molecule has 4 nitrogen and oxygen atoms in total. The summed E-state index contributed by atoms with van der Waals surface area (Å²) in [5, 5.41) is 0. The van der Waals surface area contributed by atoms with E-state index in [1.54, 1.807) is 18.9 Å². The molecule has 0 spiro atoms. The first-order valence-corrected chi connectivity index (χ1v) is 5.87. The zero-order chi connectivity index (χ0) is 13.7. The highest BCUT2D eigenvalue weighted by molar-refractivity contribution is 5.77. The zero-order valence-electron chi connectivity index (χ0n) is 10.9. The van der Waals surface area contributed by atoms with Gasteiger partial charge < -0.3 is 15.4 Å². The first kappa shape index (κ1) is 14.4. The summed E-state index contributed by atoms with van der Waals surface area (Å²) in [6.45, 7) is 4.16. The summed E-state index contributed by atoms with van der Waals surface area (Å²) >= 11 is 0. The number of benzene rings is 1. The highest BCUT2D eigenvalue weighted by Crippen LogP contribution is 2.24. The Labute approximate surface area is 107 Å². The van der Waals surface area contributed by atoms with E-state index in [4.69, 9.17) is 10.5 Å². The molecule has 0 aliphatic heterocycles. The van der Waals surface area contributed by atoms with Gasteiger partial charge in [-0.25, -0.2) is 4.39 Å². The Morgan fingerprint density at radius 3 is 2.78 bits per heavy atom. The highest BCUT2D eigenvalue weighted by Gasteiger charge is 2.12. The van der Waals surface area contributed by atoms with E-state index in [-0.39, 0.29) is 24.4 Å². The molecule has 2 N–H and O–H groups in total. The van der Waals surface area contributed by atoms with Crippen LogP contribution >= 0.6 is 0 Å². The molecule has 0 saturated carbocycles. The molecule has 1 atom stereocenters. The molecule has 1 rings (SSSR count). The fraction of sp³-hybridized carbons (Fsp3) is 0.462. The van der Waals surface area contributed by atoms with Crippen molar-refractivity contribution in [1.29, 1.82) is 0 Å². The average molecular weight is 254 g/mol. The van der Waals surface area contributed by atoms with Gasteiger partial charge in [-0.1, -0.05) is 0 Å². The second kappa shape index (κ2) is 6.35. The minimum absolute atomic E-state index is 0.0737. The van der Waals surface area contributed by atoms with Crippen molar-refractivity contribution < 1.29 is 13.9 Å². The van der Waals surface area contributed by atoms with Crippen LogP contribution in [0.3, 0.4) is 0 Å². The van der Waals surface area contributed by atoms with Gasteiger partial charge in [0.1, 0.15) is 11.6 Å². The van der Waals surface area contributed by atoms with Crippen LogP contribution in [0.2, 0.25) is 0 Å². The van der Waals surface area contributed by atoms with Gasteiger partial charge in [-0.05, 0) is 32.0 Å². The van der Waals surface area contributed by atoms with E-state index < -0.39 is 0 Å². The van der Waals surface area contributed by atoms with E-state index >= 15 is 0 Å². The highest BCUT2D eigenvalue weighted by atomic mass is 19.1. The molecule has 0 radical (unpaired) electrons. The number of rotatable bonds is 5. The molecule has 0 fully saturated rings. The largest absolute Gasteiger partial charge is 0.483 e. The smallest absolute Gasteiger partial charge is 0.260 e. The summed E-state index contributed by atoms with van der Waals surface area (Å²) in [6, 6.07) is 3.76. The van der Waals surface area contributed by atoms with Gasteiger partial charge >= 0.3 is 0 Å². The number of hydrogen-bond acceptors (Lipinski definition) is 3. The van der Waals surface area contributed by atoms with Crippen molar-refractivity contribution in [2.75, 3.05) is 20.2 Å². The molecular formula is C13H19FN2O2. The summed E-state index contributed by atoms with van der Waals surface area (Å²) in [4.78, 5) is 13.1. The summed E-state index contributed by atoms with van der Waals surface area (Å²) in [6.07, 6.45) is 0. The number of amides is 1. The van der Waals surface area contributed by atoms with Crippen molar-refractivity contribution in [2.24, 2.45) is 5.73 Å². The fourth-order valence-electron chi connectivity index (χ4n) is 1.43. The third-order valence-electron chi connectivity index (χ3n) is 2.71. The van der Waals surface area contributed by atoms with Crippen molar-refractivity contribution in [3.05, 3.63) is 29.6 Å². The number of hydrogen-bond donors (Lipinski definition) is 1. The third kappa shape index (κ3) is 3.70. The summed E-state index contributed by atoms with van der Waals surface area (Å²) in [5.41, 5.74) is 6.29. The van der Waals surface area contributed by atoms with Crippen LogP contribution < -0.4 is 10.5 Å². The molecule has 0 heterocycles. The summed E-state index contributed by atoms with van der Waals surface area (Å²) in [5.74, 6) is -0.0478. The van der Waals surface area contributed by atoms with Gasteiger partial charge in [0.05, 0.1) is 0 Å². The molecule has 1 amide bonds. The number of ether oxygens (including phenoxy) is 1. The Morgan fingerprint density at radius 1 is 1.56 bits per heavy atom. The van der Waals surface area contributed by atoms with Crippen LogP contribution in [0.4, 0.5) is 4.39 Å². The van der Waals surface area contributed by atoms with Gasteiger partial charge in [-0.2, -0.15) is 0 Å². The second-order valence-electron chi connectivity index (χ2n) is 4.17. The molecule has 0 aliphatic carbocycles. The van der Waals surface area contributed by atoms with E-state index in [0.717, 1.165) is 0 Å². The summed E-state index contributed by atoms with van der Waals surface area (Å²) in [7, 11) is 1.70. The third-order valence-corrected chi connectivity index (χ3v) is 2.71. The van der Waals surface area contributed by atoms with E-state index in [1.165, 1.54) is 18.2 Å². The van der Waals surface area contributed by atoms with Crippen molar-refractivity contribution >= 4 is 5.91 Å². The number of nitrogens with zero attached hydrogens (tertiary/aromatic N) is 1. The quantitative estimate of drug-likeness (QED) is 0.870. The Morgan fingerprint density at radius 2 is 2.22 bits per heavy atom. The minimum atomic E-state index is -0.369. The van der Waals surface area contributed by atoms with Crippen LogP contribution in [0.15, 0.2) is 18.2 Å². The molecule has 1 aromatic carbocycles. The normalized spacial score (nSPS) is 12.1. The van der Waals surface area contributed by atoms with Gasteiger partial charge in [0.15, 0.2) is 6.61 Å². The predicted octanol–water partition coefficient (Wildman–Crippen LogP) is 1.70. The lowest BCUT2D eigenvalue weighted by Crippen LogP contribution is -2.31. The minimum Gasteiger partial charge on any atom is -0.483 e. The summed E-state index contributed by atoms with van der Waals surface area (Å²) < 4.78 is 18.5. The van der Waals surface area contributed by atoms with Gasteiger partial charge in [0.2, 0.25) is 0 Å². The zero-order valence-corrected chi connectivity index (χ0v) is 10.9.